The van der Waals surface area contributed by atoms with E-state index in [0.717, 1.165) is 0 Å². The van der Waals surface area contributed by atoms with Crippen LogP contribution in [0, 0.1) is 11.2 Å². The molecule has 2 aliphatic rings. The van der Waals surface area contributed by atoms with Crippen molar-refractivity contribution in [2.75, 3.05) is 31.5 Å². The molecule has 3 amide bonds. The zero-order chi connectivity index (χ0) is 17.3. The lowest BCUT2D eigenvalue weighted by Crippen LogP contribution is -2.53. The van der Waals surface area contributed by atoms with Crippen molar-refractivity contribution in [1.82, 2.24) is 9.80 Å². The average Bonchev–Trinajstić information content (AvgIpc) is 3.36. The molecule has 128 valence electrons. The van der Waals surface area contributed by atoms with Crippen molar-refractivity contribution >= 4 is 23.4 Å². The molecule has 2 fully saturated rings. The number of hydrogen-bond donors (Lipinski definition) is 1. The summed E-state index contributed by atoms with van der Waals surface area (Å²) < 4.78 is 13.2. The van der Waals surface area contributed by atoms with Crippen molar-refractivity contribution in [2.24, 2.45) is 5.41 Å². The molecule has 0 bridgehead atoms. The Labute approximate surface area is 139 Å². The van der Waals surface area contributed by atoms with E-state index in [-0.39, 0.29) is 17.7 Å². The van der Waals surface area contributed by atoms with E-state index in [2.05, 4.69) is 5.32 Å². The maximum Gasteiger partial charge on any atom is 0.240 e. The summed E-state index contributed by atoms with van der Waals surface area (Å²) in [6.45, 7) is 3.36. The average molecular weight is 333 g/mol. The summed E-state index contributed by atoms with van der Waals surface area (Å²) in [6.07, 6.45) is 1.000. The van der Waals surface area contributed by atoms with Crippen molar-refractivity contribution < 1.29 is 18.8 Å². The Balaban J connectivity index is 1.64. The normalized spacial score (nSPS) is 18.9. The molecule has 0 aromatic heterocycles. The summed E-state index contributed by atoms with van der Waals surface area (Å²) in [5, 5.41) is 2.64. The number of halogens is 1. The topological polar surface area (TPSA) is 69.7 Å². The zero-order valence-corrected chi connectivity index (χ0v) is 13.5. The molecular weight excluding hydrogens is 313 g/mol. The van der Waals surface area contributed by atoms with Gasteiger partial charge in [0.1, 0.15) is 11.2 Å². The Bertz CT molecular complexity index is 679. The quantitative estimate of drug-likeness (QED) is 0.846. The van der Waals surface area contributed by atoms with E-state index < -0.39 is 11.2 Å². The van der Waals surface area contributed by atoms with Crippen LogP contribution in [0.5, 0.6) is 0 Å². The monoisotopic (exact) mass is 333 g/mol. The molecule has 1 heterocycles. The third-order valence-corrected chi connectivity index (χ3v) is 4.69. The van der Waals surface area contributed by atoms with Crippen molar-refractivity contribution in [1.29, 1.82) is 0 Å². The second-order valence-corrected chi connectivity index (χ2v) is 6.34. The Hall–Kier alpha value is -2.44. The maximum absolute atomic E-state index is 13.2. The van der Waals surface area contributed by atoms with Gasteiger partial charge in [-0.05, 0) is 31.0 Å². The largest absolute Gasteiger partial charge is 0.339 e. The SMILES string of the molecule is CC(=O)N1CCN(C(=O)C2(C(=O)Nc3cccc(F)c3)CC2)CC1. The van der Waals surface area contributed by atoms with Crippen LogP contribution in [0.15, 0.2) is 24.3 Å². The van der Waals surface area contributed by atoms with Gasteiger partial charge in [-0.25, -0.2) is 4.39 Å². The number of nitrogens with zero attached hydrogens (tertiary/aromatic N) is 2. The molecule has 1 aliphatic heterocycles. The molecule has 3 rings (SSSR count). The zero-order valence-electron chi connectivity index (χ0n) is 13.5. The van der Waals surface area contributed by atoms with Crippen LogP contribution in [-0.2, 0) is 14.4 Å². The van der Waals surface area contributed by atoms with Crippen LogP contribution >= 0.6 is 0 Å². The molecule has 6 nitrogen and oxygen atoms in total. The third kappa shape index (κ3) is 3.11. The second kappa shape index (κ2) is 6.22. The van der Waals surface area contributed by atoms with Gasteiger partial charge in [0.05, 0.1) is 0 Å². The highest BCUT2D eigenvalue weighted by Crippen LogP contribution is 2.48. The van der Waals surface area contributed by atoms with Gasteiger partial charge in [0.2, 0.25) is 17.7 Å². The summed E-state index contributed by atoms with van der Waals surface area (Å²) in [4.78, 5) is 40.0. The summed E-state index contributed by atoms with van der Waals surface area (Å²) in [5.74, 6) is -1.02. The van der Waals surface area contributed by atoms with E-state index in [0.29, 0.717) is 44.7 Å². The summed E-state index contributed by atoms with van der Waals surface area (Å²) in [5.41, 5.74) is -0.689. The fourth-order valence-corrected chi connectivity index (χ4v) is 3.01. The number of nitrogens with one attached hydrogen (secondary N) is 1. The van der Waals surface area contributed by atoms with Gasteiger partial charge in [0.25, 0.3) is 0 Å². The minimum atomic E-state index is -1.04. The maximum atomic E-state index is 13.2. The summed E-state index contributed by atoms with van der Waals surface area (Å²) >= 11 is 0. The first-order valence-corrected chi connectivity index (χ1v) is 8.04. The van der Waals surface area contributed by atoms with Crippen LogP contribution in [0.1, 0.15) is 19.8 Å². The Kier molecular flexibility index (Phi) is 4.26. The fraction of sp³-hybridized carbons (Fsp3) is 0.471. The van der Waals surface area contributed by atoms with E-state index in [1.807, 2.05) is 0 Å². The van der Waals surface area contributed by atoms with Crippen LogP contribution in [0.4, 0.5) is 10.1 Å². The van der Waals surface area contributed by atoms with Crippen LogP contribution in [0.3, 0.4) is 0 Å². The summed E-state index contributed by atoms with van der Waals surface area (Å²) in [6, 6.07) is 5.62. The Morgan fingerprint density at radius 1 is 1.08 bits per heavy atom. The molecule has 7 heteroatoms. The lowest BCUT2D eigenvalue weighted by Gasteiger charge is -2.35. The first kappa shape index (κ1) is 16.4. The highest BCUT2D eigenvalue weighted by molar-refractivity contribution is 6.13. The van der Waals surface area contributed by atoms with Crippen LogP contribution < -0.4 is 5.32 Å². The number of anilines is 1. The molecule has 0 radical (unpaired) electrons. The molecule has 24 heavy (non-hydrogen) atoms. The Morgan fingerprint density at radius 3 is 2.25 bits per heavy atom. The molecule has 1 aliphatic carbocycles. The predicted octanol–water partition coefficient (Wildman–Crippen LogP) is 1.24. The molecule has 1 aromatic carbocycles. The van der Waals surface area contributed by atoms with Crippen molar-refractivity contribution in [3.05, 3.63) is 30.1 Å². The van der Waals surface area contributed by atoms with Crippen molar-refractivity contribution in [3.8, 4) is 0 Å². The second-order valence-electron chi connectivity index (χ2n) is 6.34. The minimum absolute atomic E-state index is 0.00733. The minimum Gasteiger partial charge on any atom is -0.339 e. The van der Waals surface area contributed by atoms with Gasteiger partial charge in [-0.1, -0.05) is 6.07 Å². The highest BCUT2D eigenvalue weighted by Gasteiger charge is 2.58. The van der Waals surface area contributed by atoms with Gasteiger partial charge in [0, 0.05) is 38.8 Å². The smallest absolute Gasteiger partial charge is 0.240 e. The van der Waals surface area contributed by atoms with Crippen molar-refractivity contribution in [3.63, 3.8) is 0 Å². The molecule has 1 saturated heterocycles. The Morgan fingerprint density at radius 2 is 1.71 bits per heavy atom. The number of hydrogen-bond acceptors (Lipinski definition) is 3. The van der Waals surface area contributed by atoms with Gasteiger partial charge in [-0.2, -0.15) is 0 Å². The molecule has 1 N–H and O–H groups in total. The molecule has 1 saturated carbocycles. The van der Waals surface area contributed by atoms with Crippen LogP contribution in [-0.4, -0.2) is 53.7 Å². The number of rotatable bonds is 3. The van der Waals surface area contributed by atoms with Gasteiger partial charge in [-0.3, -0.25) is 14.4 Å². The number of carbonyl (C=O) groups is 3. The lowest BCUT2D eigenvalue weighted by atomic mass is 10.0. The fourth-order valence-electron chi connectivity index (χ4n) is 3.01. The third-order valence-electron chi connectivity index (χ3n) is 4.69. The van der Waals surface area contributed by atoms with Gasteiger partial charge in [-0.15, -0.1) is 0 Å². The lowest BCUT2D eigenvalue weighted by molar-refractivity contribution is -0.146. The first-order valence-electron chi connectivity index (χ1n) is 8.04. The molecule has 0 spiro atoms. The van der Waals surface area contributed by atoms with Gasteiger partial charge >= 0.3 is 0 Å². The van der Waals surface area contributed by atoms with E-state index in [1.54, 1.807) is 15.9 Å². The van der Waals surface area contributed by atoms with Crippen LogP contribution in [0.2, 0.25) is 0 Å². The van der Waals surface area contributed by atoms with Crippen molar-refractivity contribution in [2.45, 2.75) is 19.8 Å². The van der Waals surface area contributed by atoms with E-state index in [1.165, 1.54) is 25.1 Å². The van der Waals surface area contributed by atoms with E-state index >= 15 is 0 Å². The number of carbonyl (C=O) groups excluding carboxylic acids is 3. The highest BCUT2D eigenvalue weighted by atomic mass is 19.1. The summed E-state index contributed by atoms with van der Waals surface area (Å²) in [7, 11) is 0. The first-order chi connectivity index (χ1) is 11.4. The molecular formula is C17H20FN3O3. The van der Waals surface area contributed by atoms with Gasteiger partial charge in [0.15, 0.2) is 0 Å². The van der Waals surface area contributed by atoms with Crippen LogP contribution in [0.25, 0.3) is 0 Å². The van der Waals surface area contributed by atoms with E-state index in [4.69, 9.17) is 0 Å². The van der Waals surface area contributed by atoms with E-state index in [9.17, 15) is 18.8 Å². The number of amides is 3. The molecule has 0 atom stereocenters. The molecule has 1 aromatic rings. The predicted molar refractivity (Wildman–Crippen MR) is 85.5 cm³/mol. The van der Waals surface area contributed by atoms with Gasteiger partial charge < -0.3 is 15.1 Å². The standard InChI is InChI=1S/C17H20FN3O3/c1-12(22)20-7-9-21(10-8-20)16(24)17(5-6-17)15(23)19-14-4-2-3-13(18)11-14/h2-4,11H,5-10H2,1H3,(H,19,23). The molecule has 0 unspecified atom stereocenters. The number of benzene rings is 1. The number of piperazine rings is 1.